The predicted molar refractivity (Wildman–Crippen MR) is 105 cm³/mol. The molecule has 0 radical (unpaired) electrons. The summed E-state index contributed by atoms with van der Waals surface area (Å²) in [7, 11) is 0. The number of carbonyl (C=O) groups is 2. The van der Waals surface area contributed by atoms with E-state index in [0.717, 1.165) is 35.3 Å². The lowest BCUT2D eigenvalue weighted by Gasteiger charge is -2.16. The average Bonchev–Trinajstić information content (AvgIpc) is 3.06. The second kappa shape index (κ2) is 8.00. The van der Waals surface area contributed by atoms with Crippen LogP contribution in [0.25, 0.3) is 6.08 Å². The normalized spacial score (nSPS) is 15.5. The van der Waals surface area contributed by atoms with Crippen LogP contribution in [0.2, 0.25) is 0 Å². The Morgan fingerprint density at radius 1 is 1.15 bits per heavy atom. The highest BCUT2D eigenvalue weighted by Gasteiger charge is 2.21. The van der Waals surface area contributed by atoms with Crippen LogP contribution in [0.1, 0.15) is 42.5 Å². The molecule has 1 aliphatic rings. The topological polar surface area (TPSA) is 49.4 Å². The highest BCUT2D eigenvalue weighted by atomic mass is 16.2. The Balaban J connectivity index is 1.59. The maximum Gasteiger partial charge on any atom is 0.244 e. The van der Waals surface area contributed by atoms with Gasteiger partial charge in [0.05, 0.1) is 6.04 Å². The molecule has 134 valence electrons. The minimum atomic E-state index is -0.125. The number of nitrogens with one attached hydrogen (secondary N) is 1. The summed E-state index contributed by atoms with van der Waals surface area (Å²) in [6, 6.07) is 15.7. The number of hydrogen-bond donors (Lipinski definition) is 1. The molecular formula is C22H24N2O2. The zero-order valence-electron chi connectivity index (χ0n) is 15.2. The van der Waals surface area contributed by atoms with Gasteiger partial charge in [0.25, 0.3) is 0 Å². The second-order valence-corrected chi connectivity index (χ2v) is 6.66. The van der Waals surface area contributed by atoms with Gasteiger partial charge in [-0.3, -0.25) is 9.59 Å². The smallest absolute Gasteiger partial charge is 0.244 e. The van der Waals surface area contributed by atoms with Crippen molar-refractivity contribution in [1.82, 2.24) is 5.32 Å². The fourth-order valence-electron chi connectivity index (χ4n) is 3.27. The van der Waals surface area contributed by atoms with Crippen LogP contribution in [0.3, 0.4) is 0 Å². The second-order valence-electron chi connectivity index (χ2n) is 6.66. The summed E-state index contributed by atoms with van der Waals surface area (Å²) in [5.41, 5.74) is 4.13. The van der Waals surface area contributed by atoms with Crippen LogP contribution in [0.5, 0.6) is 0 Å². The first kappa shape index (κ1) is 17.9. The third kappa shape index (κ3) is 4.20. The summed E-state index contributed by atoms with van der Waals surface area (Å²) in [5, 5.41) is 2.99. The molecule has 0 aromatic heterocycles. The highest BCUT2D eigenvalue weighted by molar-refractivity contribution is 5.95. The van der Waals surface area contributed by atoms with Crippen LogP contribution in [0.15, 0.2) is 54.6 Å². The summed E-state index contributed by atoms with van der Waals surface area (Å²) in [5.74, 6) is 0.0532. The number of benzene rings is 2. The first-order valence-electron chi connectivity index (χ1n) is 8.99. The van der Waals surface area contributed by atoms with E-state index in [4.69, 9.17) is 0 Å². The maximum absolute atomic E-state index is 12.2. The fourth-order valence-corrected chi connectivity index (χ4v) is 3.27. The standard InChI is InChI=1S/C22H24N2O2/c1-16-6-3-4-7-20(16)17(2)23-21(25)14-11-18-9-12-19(13-10-18)24-15-5-8-22(24)26/h3-4,6-7,9-14,17H,5,8,15H2,1-2H3,(H,23,25)/b14-11+. The number of rotatable bonds is 5. The van der Waals surface area contributed by atoms with Crippen LogP contribution in [-0.4, -0.2) is 18.4 Å². The first-order chi connectivity index (χ1) is 12.5. The van der Waals surface area contributed by atoms with Gasteiger partial charge in [-0.2, -0.15) is 0 Å². The molecule has 1 heterocycles. The maximum atomic E-state index is 12.2. The zero-order valence-corrected chi connectivity index (χ0v) is 15.2. The van der Waals surface area contributed by atoms with E-state index in [1.807, 2.05) is 67.3 Å². The van der Waals surface area contributed by atoms with Gasteiger partial charge in [0.2, 0.25) is 11.8 Å². The van der Waals surface area contributed by atoms with E-state index in [-0.39, 0.29) is 17.9 Å². The Morgan fingerprint density at radius 2 is 1.88 bits per heavy atom. The lowest BCUT2D eigenvalue weighted by Crippen LogP contribution is -2.25. The van der Waals surface area contributed by atoms with Crippen molar-refractivity contribution in [2.75, 3.05) is 11.4 Å². The summed E-state index contributed by atoms with van der Waals surface area (Å²) >= 11 is 0. The van der Waals surface area contributed by atoms with Gasteiger partial charge in [-0.25, -0.2) is 0 Å². The van der Waals surface area contributed by atoms with Gasteiger partial charge in [-0.15, -0.1) is 0 Å². The molecule has 2 amide bonds. The van der Waals surface area contributed by atoms with E-state index in [1.54, 1.807) is 12.2 Å². The van der Waals surface area contributed by atoms with E-state index in [9.17, 15) is 9.59 Å². The molecule has 4 nitrogen and oxygen atoms in total. The molecule has 1 unspecified atom stereocenters. The van der Waals surface area contributed by atoms with Crippen LogP contribution in [0, 0.1) is 6.92 Å². The molecule has 1 aliphatic heterocycles. The van der Waals surface area contributed by atoms with E-state index in [2.05, 4.69) is 5.32 Å². The molecule has 1 fully saturated rings. The van der Waals surface area contributed by atoms with Crippen molar-refractivity contribution in [3.05, 3.63) is 71.3 Å². The summed E-state index contributed by atoms with van der Waals surface area (Å²) < 4.78 is 0. The van der Waals surface area contributed by atoms with Crippen molar-refractivity contribution in [2.45, 2.75) is 32.7 Å². The number of hydrogen-bond acceptors (Lipinski definition) is 2. The van der Waals surface area contributed by atoms with E-state index in [1.165, 1.54) is 0 Å². The third-order valence-electron chi connectivity index (χ3n) is 4.72. The number of carbonyl (C=O) groups excluding carboxylic acids is 2. The van der Waals surface area contributed by atoms with Crippen molar-refractivity contribution in [1.29, 1.82) is 0 Å². The Hall–Kier alpha value is -2.88. The minimum absolute atomic E-state index is 0.0445. The van der Waals surface area contributed by atoms with Gasteiger partial charge >= 0.3 is 0 Å². The Labute approximate surface area is 154 Å². The molecule has 0 spiro atoms. The first-order valence-corrected chi connectivity index (χ1v) is 8.99. The van der Waals surface area contributed by atoms with Gasteiger partial charge in [0, 0.05) is 24.7 Å². The summed E-state index contributed by atoms with van der Waals surface area (Å²) in [6.45, 7) is 4.81. The Morgan fingerprint density at radius 3 is 2.54 bits per heavy atom. The van der Waals surface area contributed by atoms with Crippen molar-refractivity contribution in [3.63, 3.8) is 0 Å². The largest absolute Gasteiger partial charge is 0.346 e. The molecule has 0 saturated carbocycles. The fraction of sp³-hybridized carbons (Fsp3) is 0.273. The molecule has 2 aromatic rings. The molecule has 26 heavy (non-hydrogen) atoms. The van der Waals surface area contributed by atoms with Gasteiger partial charge in [0.15, 0.2) is 0 Å². The zero-order chi connectivity index (χ0) is 18.5. The number of anilines is 1. The molecular weight excluding hydrogens is 324 g/mol. The van der Waals surface area contributed by atoms with Gasteiger partial charge in [-0.05, 0) is 55.2 Å². The van der Waals surface area contributed by atoms with Crippen molar-refractivity contribution >= 4 is 23.6 Å². The number of nitrogens with zero attached hydrogens (tertiary/aromatic N) is 1. The van der Waals surface area contributed by atoms with Crippen molar-refractivity contribution in [2.24, 2.45) is 0 Å². The molecule has 2 aromatic carbocycles. The van der Waals surface area contributed by atoms with E-state index < -0.39 is 0 Å². The van der Waals surface area contributed by atoms with Crippen molar-refractivity contribution in [3.8, 4) is 0 Å². The average molecular weight is 348 g/mol. The lowest BCUT2D eigenvalue weighted by molar-refractivity contribution is -0.117. The molecule has 1 atom stereocenters. The lowest BCUT2D eigenvalue weighted by atomic mass is 10.0. The van der Waals surface area contributed by atoms with Crippen LogP contribution in [0.4, 0.5) is 5.69 Å². The number of amides is 2. The third-order valence-corrected chi connectivity index (χ3v) is 4.72. The molecule has 0 aliphatic carbocycles. The monoisotopic (exact) mass is 348 g/mol. The summed E-state index contributed by atoms with van der Waals surface area (Å²) in [6.07, 6.45) is 4.88. The molecule has 1 saturated heterocycles. The minimum Gasteiger partial charge on any atom is -0.346 e. The highest BCUT2D eigenvalue weighted by Crippen LogP contribution is 2.22. The van der Waals surface area contributed by atoms with E-state index >= 15 is 0 Å². The Kier molecular flexibility index (Phi) is 5.52. The molecule has 1 N–H and O–H groups in total. The van der Waals surface area contributed by atoms with Crippen LogP contribution in [-0.2, 0) is 9.59 Å². The molecule has 4 heteroatoms. The molecule has 3 rings (SSSR count). The van der Waals surface area contributed by atoms with E-state index in [0.29, 0.717) is 6.42 Å². The summed E-state index contributed by atoms with van der Waals surface area (Å²) in [4.78, 5) is 25.8. The van der Waals surface area contributed by atoms with Crippen molar-refractivity contribution < 1.29 is 9.59 Å². The molecule has 0 bridgehead atoms. The quantitative estimate of drug-likeness (QED) is 0.830. The van der Waals surface area contributed by atoms with Gasteiger partial charge in [-0.1, -0.05) is 36.4 Å². The number of aryl methyl sites for hydroxylation is 1. The van der Waals surface area contributed by atoms with Gasteiger partial charge in [0.1, 0.15) is 0 Å². The van der Waals surface area contributed by atoms with Crippen LogP contribution < -0.4 is 10.2 Å². The van der Waals surface area contributed by atoms with Gasteiger partial charge < -0.3 is 10.2 Å². The predicted octanol–water partition coefficient (Wildman–Crippen LogP) is 4.01. The Bertz CT molecular complexity index is 824. The SMILES string of the molecule is Cc1ccccc1C(C)NC(=O)/C=C/c1ccc(N2CCCC2=O)cc1. The van der Waals surface area contributed by atoms with Crippen LogP contribution >= 0.6 is 0 Å².